The molecule has 0 unspecified atom stereocenters. The number of hydrogen-bond acceptors (Lipinski definition) is 5. The van der Waals surface area contributed by atoms with Crippen LogP contribution in [0.15, 0.2) is 18.2 Å². The maximum absolute atomic E-state index is 13.5. The molecule has 0 radical (unpaired) electrons. The molecule has 0 heterocycles. The van der Waals surface area contributed by atoms with Gasteiger partial charge in [0, 0.05) is 3.57 Å². The standard InChI is InChI=1S/C13H7F7IO5/c14-8-5-6(21)1-2-7(8)9(22)25-3-4-26-10(23)11(24,12(15,16)17)13(18,19)20/h1-2,5H,3-4H2/q-1. The minimum Gasteiger partial charge on any atom is -0.828 e. The summed E-state index contributed by atoms with van der Waals surface area (Å²) in [6, 6.07) is 3.33. The summed E-state index contributed by atoms with van der Waals surface area (Å²) in [4.78, 5) is 22.5. The molecule has 0 aromatic heterocycles. The molecular formula is C13H7F7IO5-. The average Bonchev–Trinajstić information content (AvgIpc) is 2.47. The number of rotatable bonds is 5. The third-order valence-electron chi connectivity index (χ3n) is 2.79. The van der Waals surface area contributed by atoms with E-state index < -0.39 is 54.5 Å². The maximum Gasteiger partial charge on any atom is 0.399 e. The van der Waals surface area contributed by atoms with Crippen LogP contribution in [0, 0.1) is 9.39 Å². The van der Waals surface area contributed by atoms with E-state index in [1.54, 1.807) is 22.6 Å². The molecule has 1 aromatic carbocycles. The first kappa shape index (κ1) is 22.4. The fraction of sp³-hybridized carbons (Fsp3) is 0.385. The van der Waals surface area contributed by atoms with Crippen molar-refractivity contribution in [2.45, 2.75) is 18.0 Å². The van der Waals surface area contributed by atoms with Gasteiger partial charge in [0.2, 0.25) is 0 Å². The molecule has 0 spiro atoms. The highest BCUT2D eigenvalue weighted by Crippen LogP contribution is 2.41. The van der Waals surface area contributed by atoms with E-state index in [-0.39, 0.29) is 0 Å². The minimum atomic E-state index is -6.50. The molecule has 1 aromatic rings. The molecule has 146 valence electrons. The van der Waals surface area contributed by atoms with Crippen LogP contribution in [0.5, 0.6) is 0 Å². The predicted molar refractivity (Wildman–Crippen MR) is 75.2 cm³/mol. The number of hydrogen-bond donors (Lipinski definition) is 0. The smallest absolute Gasteiger partial charge is 0.399 e. The molecular weight excluding hydrogens is 496 g/mol. The zero-order chi connectivity index (χ0) is 20.3. The van der Waals surface area contributed by atoms with Gasteiger partial charge < -0.3 is 14.6 Å². The Morgan fingerprint density at radius 1 is 1.00 bits per heavy atom. The SMILES string of the molecule is O=C(OCCOC(=O)C([O-])(C(F)(F)F)C(F)(F)F)c1ccc(I)cc1F. The van der Waals surface area contributed by atoms with E-state index in [1.165, 1.54) is 6.07 Å². The Hall–Kier alpha value is -1.64. The highest BCUT2D eigenvalue weighted by atomic mass is 127. The molecule has 0 saturated heterocycles. The Labute approximate surface area is 154 Å². The summed E-state index contributed by atoms with van der Waals surface area (Å²) >= 11 is 1.74. The molecule has 0 amide bonds. The summed E-state index contributed by atoms with van der Waals surface area (Å²) in [5.74, 6) is -5.42. The van der Waals surface area contributed by atoms with Gasteiger partial charge in [0.25, 0.3) is 0 Å². The Morgan fingerprint density at radius 3 is 1.96 bits per heavy atom. The van der Waals surface area contributed by atoms with Gasteiger partial charge in [-0.05, 0) is 40.8 Å². The molecule has 0 N–H and O–H groups in total. The lowest BCUT2D eigenvalue weighted by molar-refractivity contribution is -0.574. The van der Waals surface area contributed by atoms with Crippen LogP contribution >= 0.6 is 22.6 Å². The van der Waals surface area contributed by atoms with Crippen LogP contribution in [0.3, 0.4) is 0 Å². The zero-order valence-corrected chi connectivity index (χ0v) is 14.4. The second-order valence-electron chi connectivity index (χ2n) is 4.57. The molecule has 0 fully saturated rings. The van der Waals surface area contributed by atoms with Crippen molar-refractivity contribution in [3.05, 3.63) is 33.1 Å². The van der Waals surface area contributed by atoms with Crippen molar-refractivity contribution in [2.75, 3.05) is 13.2 Å². The van der Waals surface area contributed by atoms with Crippen LogP contribution in [-0.2, 0) is 14.3 Å². The van der Waals surface area contributed by atoms with Crippen LogP contribution in [0.25, 0.3) is 0 Å². The van der Waals surface area contributed by atoms with Crippen molar-refractivity contribution in [1.82, 2.24) is 0 Å². The van der Waals surface area contributed by atoms with Gasteiger partial charge in [-0.15, -0.1) is 0 Å². The lowest BCUT2D eigenvalue weighted by Crippen LogP contribution is -2.71. The Kier molecular flexibility index (Phi) is 6.84. The number of esters is 2. The molecule has 0 atom stereocenters. The van der Waals surface area contributed by atoms with Crippen molar-refractivity contribution < 1.29 is 54.9 Å². The van der Waals surface area contributed by atoms with E-state index in [0.717, 1.165) is 12.1 Å². The fourth-order valence-corrected chi connectivity index (χ4v) is 1.95. The van der Waals surface area contributed by atoms with Gasteiger partial charge in [0.1, 0.15) is 19.0 Å². The minimum absolute atomic E-state index is 0.441. The quantitative estimate of drug-likeness (QED) is 0.267. The second-order valence-corrected chi connectivity index (χ2v) is 5.82. The number of carbonyl (C=O) groups is 2. The number of carbonyl (C=O) groups excluding carboxylic acids is 2. The van der Waals surface area contributed by atoms with Gasteiger partial charge in [-0.25, -0.2) is 9.18 Å². The molecule has 0 bridgehead atoms. The maximum atomic E-state index is 13.5. The fourth-order valence-electron chi connectivity index (χ4n) is 1.50. The van der Waals surface area contributed by atoms with Crippen molar-refractivity contribution in [1.29, 1.82) is 0 Å². The molecule has 1 rings (SSSR count). The molecule has 26 heavy (non-hydrogen) atoms. The summed E-state index contributed by atoms with van der Waals surface area (Å²) in [5, 5.41) is 11.0. The van der Waals surface area contributed by atoms with E-state index in [2.05, 4.69) is 9.47 Å². The monoisotopic (exact) mass is 503 g/mol. The third-order valence-corrected chi connectivity index (χ3v) is 3.46. The number of halogens is 8. The average molecular weight is 503 g/mol. The molecule has 13 heteroatoms. The molecule has 0 saturated carbocycles. The van der Waals surface area contributed by atoms with Crippen LogP contribution in [0.2, 0.25) is 0 Å². The highest BCUT2D eigenvalue weighted by molar-refractivity contribution is 14.1. The van der Waals surface area contributed by atoms with E-state index in [0.29, 0.717) is 3.57 Å². The van der Waals surface area contributed by atoms with Crippen LogP contribution < -0.4 is 5.11 Å². The Balaban J connectivity index is 2.67. The number of alkyl halides is 6. The van der Waals surface area contributed by atoms with Crippen molar-refractivity contribution in [2.24, 2.45) is 0 Å². The van der Waals surface area contributed by atoms with Gasteiger partial charge in [0.05, 0.1) is 5.56 Å². The van der Waals surface area contributed by atoms with Crippen LogP contribution in [0.1, 0.15) is 10.4 Å². The van der Waals surface area contributed by atoms with Crippen LogP contribution in [0.4, 0.5) is 30.7 Å². The number of benzene rings is 1. The van der Waals surface area contributed by atoms with Gasteiger partial charge in [-0.2, -0.15) is 26.3 Å². The van der Waals surface area contributed by atoms with E-state index in [4.69, 9.17) is 0 Å². The molecule has 0 aliphatic heterocycles. The van der Waals surface area contributed by atoms with Gasteiger partial charge in [0.15, 0.2) is 5.60 Å². The molecule has 0 aliphatic carbocycles. The summed E-state index contributed by atoms with van der Waals surface area (Å²) in [6.45, 7) is -2.27. The first-order chi connectivity index (χ1) is 11.7. The normalized spacial score (nSPS) is 12.7. The lowest BCUT2D eigenvalue weighted by Gasteiger charge is -2.40. The molecule has 0 aliphatic rings. The van der Waals surface area contributed by atoms with E-state index >= 15 is 0 Å². The third kappa shape index (κ3) is 4.75. The predicted octanol–water partition coefficient (Wildman–Crippen LogP) is 2.35. The van der Waals surface area contributed by atoms with E-state index in [9.17, 15) is 45.4 Å². The van der Waals surface area contributed by atoms with Crippen molar-refractivity contribution >= 4 is 34.5 Å². The largest absolute Gasteiger partial charge is 0.828 e. The van der Waals surface area contributed by atoms with Gasteiger partial charge >= 0.3 is 24.3 Å². The topological polar surface area (TPSA) is 75.7 Å². The first-order valence-corrected chi connectivity index (χ1v) is 7.43. The van der Waals surface area contributed by atoms with E-state index in [1.807, 2.05) is 0 Å². The molecule has 5 nitrogen and oxygen atoms in total. The van der Waals surface area contributed by atoms with Crippen molar-refractivity contribution in [3.63, 3.8) is 0 Å². The second kappa shape index (κ2) is 7.94. The zero-order valence-electron chi connectivity index (χ0n) is 12.2. The summed E-state index contributed by atoms with van der Waals surface area (Å²) in [5.41, 5.74) is -6.54. The Bertz CT molecular complexity index is 672. The van der Waals surface area contributed by atoms with Gasteiger partial charge in [-0.3, -0.25) is 4.79 Å². The first-order valence-electron chi connectivity index (χ1n) is 6.35. The summed E-state index contributed by atoms with van der Waals surface area (Å²) in [7, 11) is 0. The summed E-state index contributed by atoms with van der Waals surface area (Å²) < 4.78 is 95.9. The highest BCUT2D eigenvalue weighted by Gasteiger charge is 2.68. The number of ether oxygens (including phenoxy) is 2. The van der Waals surface area contributed by atoms with Gasteiger partial charge in [-0.1, -0.05) is 0 Å². The summed E-state index contributed by atoms with van der Waals surface area (Å²) in [6.07, 6.45) is -13.0. The Morgan fingerprint density at radius 2 is 1.50 bits per heavy atom. The van der Waals surface area contributed by atoms with Crippen LogP contribution in [-0.4, -0.2) is 43.1 Å². The van der Waals surface area contributed by atoms with Crippen molar-refractivity contribution in [3.8, 4) is 0 Å². The lowest BCUT2D eigenvalue weighted by atomic mass is 10.0.